The summed E-state index contributed by atoms with van der Waals surface area (Å²) in [5.74, 6) is 0.437. The standard InChI is InChI=1S/C11H20N4OS2/c1-5-6-12-8(16)7-17-10-15-14-9(18-10)13-11(2,3)4/h5-7H2,1-4H3,(H,12,16)(H,13,14). The van der Waals surface area contributed by atoms with E-state index in [1.165, 1.54) is 23.1 Å². The molecule has 1 aromatic rings. The predicted molar refractivity (Wildman–Crippen MR) is 77.3 cm³/mol. The molecule has 0 bridgehead atoms. The highest BCUT2D eigenvalue weighted by atomic mass is 32.2. The lowest BCUT2D eigenvalue weighted by molar-refractivity contribution is -0.118. The Labute approximate surface area is 116 Å². The van der Waals surface area contributed by atoms with Crippen molar-refractivity contribution >= 4 is 34.1 Å². The van der Waals surface area contributed by atoms with Crippen LogP contribution in [0, 0.1) is 0 Å². The first-order chi connectivity index (χ1) is 8.40. The quantitative estimate of drug-likeness (QED) is 0.787. The summed E-state index contributed by atoms with van der Waals surface area (Å²) in [7, 11) is 0. The Morgan fingerprint density at radius 2 is 2.11 bits per heavy atom. The number of nitrogens with zero attached hydrogens (tertiary/aromatic N) is 2. The van der Waals surface area contributed by atoms with Gasteiger partial charge < -0.3 is 10.6 Å². The molecule has 7 heteroatoms. The summed E-state index contributed by atoms with van der Waals surface area (Å²) in [6.45, 7) is 8.97. The van der Waals surface area contributed by atoms with Crippen LogP contribution in [0.15, 0.2) is 4.34 Å². The topological polar surface area (TPSA) is 66.9 Å². The molecule has 1 aromatic heterocycles. The molecule has 0 aromatic carbocycles. The van der Waals surface area contributed by atoms with Crippen LogP contribution < -0.4 is 10.6 Å². The molecule has 0 aliphatic heterocycles. The van der Waals surface area contributed by atoms with Gasteiger partial charge in [-0.1, -0.05) is 30.0 Å². The normalized spacial score (nSPS) is 11.3. The molecule has 0 radical (unpaired) electrons. The Morgan fingerprint density at radius 3 is 2.72 bits per heavy atom. The van der Waals surface area contributed by atoms with E-state index in [-0.39, 0.29) is 11.4 Å². The Kier molecular flexibility index (Phi) is 5.87. The number of rotatable bonds is 6. The molecule has 102 valence electrons. The van der Waals surface area contributed by atoms with Gasteiger partial charge in [-0.2, -0.15) is 0 Å². The van der Waals surface area contributed by atoms with Crippen LogP contribution in [0.3, 0.4) is 0 Å². The van der Waals surface area contributed by atoms with Gasteiger partial charge in [-0.25, -0.2) is 0 Å². The first kappa shape index (κ1) is 15.2. The molecule has 0 fully saturated rings. The van der Waals surface area contributed by atoms with Gasteiger partial charge in [-0.05, 0) is 27.2 Å². The Bertz CT molecular complexity index is 387. The summed E-state index contributed by atoms with van der Waals surface area (Å²) in [4.78, 5) is 11.4. The molecule has 18 heavy (non-hydrogen) atoms. The molecule has 0 saturated heterocycles. The molecule has 0 spiro atoms. The van der Waals surface area contributed by atoms with E-state index in [1.54, 1.807) is 0 Å². The minimum absolute atomic E-state index is 0.0278. The molecule has 1 rings (SSSR count). The van der Waals surface area contributed by atoms with E-state index in [1.807, 2.05) is 6.92 Å². The fourth-order valence-corrected chi connectivity index (χ4v) is 2.87. The molecule has 5 nitrogen and oxygen atoms in total. The van der Waals surface area contributed by atoms with Crippen molar-refractivity contribution in [2.45, 2.75) is 44.0 Å². The maximum Gasteiger partial charge on any atom is 0.230 e. The third-order valence-electron chi connectivity index (χ3n) is 1.79. The molecule has 1 heterocycles. The van der Waals surface area contributed by atoms with E-state index in [0.29, 0.717) is 5.75 Å². The number of hydrogen-bond acceptors (Lipinski definition) is 6. The highest BCUT2D eigenvalue weighted by Gasteiger charge is 2.13. The van der Waals surface area contributed by atoms with Crippen LogP contribution in [-0.4, -0.2) is 33.9 Å². The van der Waals surface area contributed by atoms with E-state index in [9.17, 15) is 4.79 Å². The number of anilines is 1. The lowest BCUT2D eigenvalue weighted by Gasteiger charge is -2.18. The van der Waals surface area contributed by atoms with Crippen LogP contribution in [-0.2, 0) is 4.79 Å². The molecular weight excluding hydrogens is 268 g/mol. The van der Waals surface area contributed by atoms with E-state index in [4.69, 9.17) is 0 Å². The molecule has 2 N–H and O–H groups in total. The van der Waals surface area contributed by atoms with Gasteiger partial charge >= 0.3 is 0 Å². The van der Waals surface area contributed by atoms with Gasteiger partial charge in [0.25, 0.3) is 0 Å². The first-order valence-electron chi connectivity index (χ1n) is 5.92. The molecule has 1 amide bonds. The van der Waals surface area contributed by atoms with Gasteiger partial charge in [0, 0.05) is 12.1 Å². The van der Waals surface area contributed by atoms with Gasteiger partial charge in [0.15, 0.2) is 4.34 Å². The minimum Gasteiger partial charge on any atom is -0.355 e. The fraction of sp³-hybridized carbons (Fsp3) is 0.727. The van der Waals surface area contributed by atoms with Crippen LogP contribution >= 0.6 is 23.1 Å². The summed E-state index contributed by atoms with van der Waals surface area (Å²) in [6.07, 6.45) is 0.953. The summed E-state index contributed by atoms with van der Waals surface area (Å²) in [6, 6.07) is 0. The van der Waals surface area contributed by atoms with Crippen LogP contribution in [0.5, 0.6) is 0 Å². The highest BCUT2D eigenvalue weighted by molar-refractivity contribution is 8.01. The maximum atomic E-state index is 11.4. The lowest BCUT2D eigenvalue weighted by Crippen LogP contribution is -2.25. The highest BCUT2D eigenvalue weighted by Crippen LogP contribution is 2.26. The van der Waals surface area contributed by atoms with E-state index >= 15 is 0 Å². The summed E-state index contributed by atoms with van der Waals surface area (Å²) in [5.41, 5.74) is -0.0278. The zero-order chi connectivity index (χ0) is 13.6. The number of nitrogens with one attached hydrogen (secondary N) is 2. The smallest absolute Gasteiger partial charge is 0.230 e. The van der Waals surface area contributed by atoms with Crippen molar-refractivity contribution in [3.05, 3.63) is 0 Å². The SMILES string of the molecule is CCCNC(=O)CSc1nnc(NC(C)(C)C)s1. The number of carbonyl (C=O) groups excluding carboxylic acids is 1. The van der Waals surface area contributed by atoms with Gasteiger partial charge in [-0.3, -0.25) is 4.79 Å². The number of thioether (sulfide) groups is 1. The lowest BCUT2D eigenvalue weighted by atomic mass is 10.1. The van der Waals surface area contributed by atoms with E-state index in [0.717, 1.165) is 22.4 Å². The van der Waals surface area contributed by atoms with E-state index in [2.05, 4.69) is 41.6 Å². The van der Waals surface area contributed by atoms with Crippen LogP contribution in [0.1, 0.15) is 34.1 Å². The Morgan fingerprint density at radius 1 is 1.39 bits per heavy atom. The van der Waals surface area contributed by atoms with Gasteiger partial charge in [0.1, 0.15) is 0 Å². The second kappa shape index (κ2) is 6.94. The van der Waals surface area contributed by atoms with Crippen molar-refractivity contribution in [1.82, 2.24) is 15.5 Å². The molecule has 0 saturated carbocycles. The number of hydrogen-bond donors (Lipinski definition) is 2. The summed E-state index contributed by atoms with van der Waals surface area (Å²) in [5, 5.41) is 15.0. The third kappa shape index (κ3) is 6.20. The van der Waals surface area contributed by atoms with Gasteiger partial charge in [-0.15, -0.1) is 10.2 Å². The summed E-state index contributed by atoms with van der Waals surface area (Å²) >= 11 is 2.89. The molecule has 0 unspecified atom stereocenters. The molecule has 0 aliphatic rings. The average molecular weight is 288 g/mol. The minimum atomic E-state index is -0.0278. The number of carbonyl (C=O) groups is 1. The maximum absolute atomic E-state index is 11.4. The molecule has 0 aliphatic carbocycles. The van der Waals surface area contributed by atoms with Crippen LogP contribution in [0.4, 0.5) is 5.13 Å². The van der Waals surface area contributed by atoms with Crippen molar-refractivity contribution in [3.63, 3.8) is 0 Å². The second-order valence-corrected chi connectivity index (χ2v) is 7.09. The van der Waals surface area contributed by atoms with Crippen molar-refractivity contribution in [3.8, 4) is 0 Å². The Hall–Kier alpha value is -0.820. The van der Waals surface area contributed by atoms with Crippen molar-refractivity contribution in [2.75, 3.05) is 17.6 Å². The molecule has 0 atom stereocenters. The van der Waals surface area contributed by atoms with Crippen molar-refractivity contribution in [1.29, 1.82) is 0 Å². The van der Waals surface area contributed by atoms with Gasteiger partial charge in [0.05, 0.1) is 5.75 Å². The largest absolute Gasteiger partial charge is 0.355 e. The summed E-state index contributed by atoms with van der Waals surface area (Å²) < 4.78 is 0.813. The van der Waals surface area contributed by atoms with E-state index < -0.39 is 0 Å². The zero-order valence-electron chi connectivity index (χ0n) is 11.2. The third-order valence-corrected chi connectivity index (χ3v) is 3.76. The average Bonchev–Trinajstić information content (AvgIpc) is 2.68. The molecular formula is C11H20N4OS2. The first-order valence-corrected chi connectivity index (χ1v) is 7.72. The van der Waals surface area contributed by atoms with Crippen molar-refractivity contribution in [2.24, 2.45) is 0 Å². The fourth-order valence-electron chi connectivity index (χ4n) is 1.08. The number of amides is 1. The van der Waals surface area contributed by atoms with Crippen LogP contribution in [0.25, 0.3) is 0 Å². The van der Waals surface area contributed by atoms with Crippen LogP contribution in [0.2, 0.25) is 0 Å². The number of aromatic nitrogens is 2. The Balaban J connectivity index is 2.37. The predicted octanol–water partition coefficient (Wildman–Crippen LogP) is 2.37. The monoisotopic (exact) mass is 288 g/mol. The second-order valence-electron chi connectivity index (χ2n) is 4.89. The van der Waals surface area contributed by atoms with Crippen molar-refractivity contribution < 1.29 is 4.79 Å². The zero-order valence-corrected chi connectivity index (χ0v) is 12.9. The van der Waals surface area contributed by atoms with Gasteiger partial charge in [0.2, 0.25) is 11.0 Å².